The van der Waals surface area contributed by atoms with E-state index in [1.54, 1.807) is 6.07 Å². The van der Waals surface area contributed by atoms with E-state index < -0.39 is 6.04 Å². The first-order valence-corrected chi connectivity index (χ1v) is 8.07. The highest BCUT2D eigenvalue weighted by molar-refractivity contribution is 5.82. The van der Waals surface area contributed by atoms with Crippen molar-refractivity contribution in [1.29, 1.82) is 0 Å². The third-order valence-corrected chi connectivity index (χ3v) is 4.50. The third kappa shape index (κ3) is 4.19. The zero-order valence-corrected chi connectivity index (χ0v) is 13.4. The Kier molecular flexibility index (Phi) is 5.77. The predicted molar refractivity (Wildman–Crippen MR) is 87.2 cm³/mol. The number of amides is 1. The van der Waals surface area contributed by atoms with Gasteiger partial charge in [0.2, 0.25) is 5.91 Å². The molecule has 1 aliphatic rings. The van der Waals surface area contributed by atoms with E-state index in [1.807, 2.05) is 19.9 Å². The molecule has 3 N–H and O–H groups in total. The molecule has 0 radical (unpaired) electrons. The van der Waals surface area contributed by atoms with Gasteiger partial charge in [0.1, 0.15) is 5.82 Å². The fourth-order valence-corrected chi connectivity index (χ4v) is 2.81. The summed E-state index contributed by atoms with van der Waals surface area (Å²) in [6.45, 7) is 5.60. The Balaban J connectivity index is 1.95. The summed E-state index contributed by atoms with van der Waals surface area (Å²) in [6, 6.07) is 6.20. The Hall–Kier alpha value is -1.62. The number of anilines is 1. The van der Waals surface area contributed by atoms with Gasteiger partial charge in [-0.05, 0) is 37.0 Å². The van der Waals surface area contributed by atoms with Gasteiger partial charge in [-0.25, -0.2) is 4.39 Å². The van der Waals surface area contributed by atoms with Crippen LogP contribution in [0.4, 0.5) is 10.1 Å². The van der Waals surface area contributed by atoms with Crippen molar-refractivity contribution in [1.82, 2.24) is 5.32 Å². The lowest BCUT2D eigenvalue weighted by atomic mass is 9.98. The van der Waals surface area contributed by atoms with E-state index in [9.17, 15) is 9.18 Å². The molecule has 0 aromatic heterocycles. The van der Waals surface area contributed by atoms with E-state index in [4.69, 9.17) is 5.73 Å². The molecule has 122 valence electrons. The van der Waals surface area contributed by atoms with Crippen LogP contribution in [0, 0.1) is 11.7 Å². The van der Waals surface area contributed by atoms with E-state index in [1.165, 1.54) is 12.1 Å². The van der Waals surface area contributed by atoms with Crippen molar-refractivity contribution in [3.8, 4) is 0 Å². The van der Waals surface area contributed by atoms with Gasteiger partial charge in [0.05, 0.1) is 6.04 Å². The molecule has 0 saturated carbocycles. The number of hydrogen-bond donors (Lipinski definition) is 2. The highest BCUT2D eigenvalue weighted by Crippen LogP contribution is 2.21. The van der Waals surface area contributed by atoms with E-state index in [0.29, 0.717) is 6.54 Å². The summed E-state index contributed by atoms with van der Waals surface area (Å²) in [5.41, 5.74) is 6.84. The maximum absolute atomic E-state index is 13.4. The summed E-state index contributed by atoms with van der Waals surface area (Å²) in [5.74, 6) is -0.147. The Morgan fingerprint density at radius 2 is 2.32 bits per heavy atom. The second-order valence-electron chi connectivity index (χ2n) is 6.18. The molecular formula is C17H26FN3O. The molecule has 5 heteroatoms. The summed E-state index contributed by atoms with van der Waals surface area (Å²) < 4.78 is 13.4. The molecule has 3 unspecified atom stereocenters. The predicted octanol–water partition coefficient (Wildman–Crippen LogP) is 2.28. The van der Waals surface area contributed by atoms with Gasteiger partial charge in [0.15, 0.2) is 0 Å². The molecule has 4 nitrogen and oxygen atoms in total. The van der Waals surface area contributed by atoms with Crippen LogP contribution < -0.4 is 16.0 Å². The van der Waals surface area contributed by atoms with Crippen LogP contribution in [0.25, 0.3) is 0 Å². The Labute approximate surface area is 131 Å². The average Bonchev–Trinajstić information content (AvgIpc) is 2.53. The largest absolute Gasteiger partial charge is 0.369 e. The number of nitrogens with one attached hydrogen (secondary N) is 1. The number of nitrogens with zero attached hydrogens (tertiary/aromatic N) is 1. The van der Waals surface area contributed by atoms with Gasteiger partial charge in [0, 0.05) is 24.8 Å². The summed E-state index contributed by atoms with van der Waals surface area (Å²) in [6.07, 6.45) is 2.79. The molecule has 1 heterocycles. The highest BCUT2D eigenvalue weighted by Gasteiger charge is 2.25. The zero-order chi connectivity index (χ0) is 16.1. The number of rotatable bonds is 5. The first kappa shape index (κ1) is 16.7. The molecule has 1 amide bonds. The normalized spacial score (nSPS) is 21.3. The number of carbonyl (C=O) groups is 1. The van der Waals surface area contributed by atoms with Crippen LogP contribution in [0.5, 0.6) is 0 Å². The number of halogens is 1. The molecular weight excluding hydrogens is 281 g/mol. The van der Waals surface area contributed by atoms with Crippen LogP contribution in [0.2, 0.25) is 0 Å². The van der Waals surface area contributed by atoms with E-state index >= 15 is 0 Å². The second-order valence-corrected chi connectivity index (χ2v) is 6.18. The average molecular weight is 307 g/mol. The first-order chi connectivity index (χ1) is 10.5. The van der Waals surface area contributed by atoms with Crippen molar-refractivity contribution in [2.45, 2.75) is 45.2 Å². The SMILES string of the molecule is CCC(C)C(N)C(=O)NC1CCCN(c2cccc(F)c2)C1. The van der Waals surface area contributed by atoms with Gasteiger partial charge >= 0.3 is 0 Å². The molecule has 0 spiro atoms. The number of carbonyl (C=O) groups excluding carboxylic acids is 1. The van der Waals surface area contributed by atoms with Crippen molar-refractivity contribution in [3.05, 3.63) is 30.1 Å². The van der Waals surface area contributed by atoms with Gasteiger partial charge in [-0.3, -0.25) is 4.79 Å². The van der Waals surface area contributed by atoms with Crippen LogP contribution in [-0.2, 0) is 4.79 Å². The molecule has 22 heavy (non-hydrogen) atoms. The molecule has 3 atom stereocenters. The Bertz CT molecular complexity index is 508. The fourth-order valence-electron chi connectivity index (χ4n) is 2.81. The van der Waals surface area contributed by atoms with Crippen LogP contribution in [-0.4, -0.2) is 31.1 Å². The quantitative estimate of drug-likeness (QED) is 0.877. The molecule has 1 aromatic rings. The van der Waals surface area contributed by atoms with Crippen LogP contribution in [0.15, 0.2) is 24.3 Å². The van der Waals surface area contributed by atoms with Gasteiger partial charge in [0.25, 0.3) is 0 Å². The molecule has 1 aromatic carbocycles. The first-order valence-electron chi connectivity index (χ1n) is 8.07. The summed E-state index contributed by atoms with van der Waals surface area (Å²) in [4.78, 5) is 14.3. The Morgan fingerprint density at radius 3 is 3.00 bits per heavy atom. The minimum atomic E-state index is -0.463. The van der Waals surface area contributed by atoms with E-state index in [2.05, 4.69) is 10.2 Å². The van der Waals surface area contributed by atoms with Crippen LogP contribution in [0.1, 0.15) is 33.1 Å². The monoisotopic (exact) mass is 307 g/mol. The van der Waals surface area contributed by atoms with Crippen molar-refractivity contribution in [3.63, 3.8) is 0 Å². The highest BCUT2D eigenvalue weighted by atomic mass is 19.1. The number of benzene rings is 1. The number of nitrogens with two attached hydrogens (primary N) is 1. The zero-order valence-electron chi connectivity index (χ0n) is 13.4. The van der Waals surface area contributed by atoms with Crippen molar-refractivity contribution < 1.29 is 9.18 Å². The lowest BCUT2D eigenvalue weighted by Crippen LogP contribution is -2.53. The van der Waals surface area contributed by atoms with Gasteiger partial charge < -0.3 is 16.0 Å². The summed E-state index contributed by atoms with van der Waals surface area (Å²) in [5, 5.41) is 3.05. The summed E-state index contributed by atoms with van der Waals surface area (Å²) >= 11 is 0. The van der Waals surface area contributed by atoms with E-state index in [0.717, 1.165) is 31.5 Å². The molecule has 1 saturated heterocycles. The maximum atomic E-state index is 13.4. The van der Waals surface area contributed by atoms with Gasteiger partial charge in [-0.15, -0.1) is 0 Å². The number of piperidine rings is 1. The lowest BCUT2D eigenvalue weighted by Gasteiger charge is -2.35. The lowest BCUT2D eigenvalue weighted by molar-refractivity contribution is -0.124. The standard InChI is InChI=1S/C17H26FN3O/c1-3-12(2)16(19)17(22)20-14-7-5-9-21(11-14)15-8-4-6-13(18)10-15/h4,6,8,10,12,14,16H,3,5,7,9,11,19H2,1-2H3,(H,20,22). The minimum absolute atomic E-state index is 0.0691. The summed E-state index contributed by atoms with van der Waals surface area (Å²) in [7, 11) is 0. The topological polar surface area (TPSA) is 58.4 Å². The van der Waals surface area contributed by atoms with Gasteiger partial charge in [-0.1, -0.05) is 26.3 Å². The van der Waals surface area contributed by atoms with Crippen LogP contribution >= 0.6 is 0 Å². The smallest absolute Gasteiger partial charge is 0.237 e. The minimum Gasteiger partial charge on any atom is -0.369 e. The van der Waals surface area contributed by atoms with Gasteiger partial charge in [-0.2, -0.15) is 0 Å². The number of hydrogen-bond acceptors (Lipinski definition) is 3. The molecule has 1 fully saturated rings. The molecule has 0 aliphatic carbocycles. The molecule has 2 rings (SSSR count). The van der Waals surface area contributed by atoms with E-state index in [-0.39, 0.29) is 23.7 Å². The second kappa shape index (κ2) is 7.58. The Morgan fingerprint density at radius 1 is 1.55 bits per heavy atom. The fraction of sp³-hybridized carbons (Fsp3) is 0.588. The molecule has 1 aliphatic heterocycles. The maximum Gasteiger partial charge on any atom is 0.237 e. The third-order valence-electron chi connectivity index (χ3n) is 4.50. The van der Waals surface area contributed by atoms with Crippen LogP contribution in [0.3, 0.4) is 0 Å². The van der Waals surface area contributed by atoms with Crippen molar-refractivity contribution >= 4 is 11.6 Å². The molecule has 0 bridgehead atoms. The van der Waals surface area contributed by atoms with Crippen molar-refractivity contribution in [2.75, 3.05) is 18.0 Å². The van der Waals surface area contributed by atoms with Crippen molar-refractivity contribution in [2.24, 2.45) is 11.7 Å².